The van der Waals surface area contributed by atoms with Crippen LogP contribution < -0.4 is 5.32 Å². The van der Waals surface area contributed by atoms with Gasteiger partial charge in [-0.05, 0) is 19.4 Å². The van der Waals surface area contributed by atoms with E-state index in [0.717, 1.165) is 38.8 Å². The van der Waals surface area contributed by atoms with Crippen molar-refractivity contribution in [3.05, 3.63) is 12.2 Å². The van der Waals surface area contributed by atoms with Crippen molar-refractivity contribution in [2.45, 2.75) is 32.1 Å². The minimum Gasteiger partial charge on any atom is -0.481 e. The molecule has 0 spiro atoms. The summed E-state index contributed by atoms with van der Waals surface area (Å²) in [5.41, 5.74) is 0. The van der Waals surface area contributed by atoms with E-state index in [-0.39, 0.29) is 6.42 Å². The fourth-order valence-corrected chi connectivity index (χ4v) is 1.33. The topological polar surface area (TPSA) is 88.2 Å². The van der Waals surface area contributed by atoms with Crippen molar-refractivity contribution in [2.75, 3.05) is 13.1 Å². The Labute approximate surface area is 94.0 Å². The van der Waals surface area contributed by atoms with Gasteiger partial charge in [0.15, 0.2) is 5.82 Å². The number of nitrogens with zero attached hydrogens (tertiary/aromatic N) is 2. The number of rotatable bonds is 9. The molecule has 90 valence electrons. The summed E-state index contributed by atoms with van der Waals surface area (Å²) in [4.78, 5) is 14.1. The average Bonchev–Trinajstić information content (AvgIpc) is 2.74. The Bertz CT molecular complexity index is 288. The van der Waals surface area contributed by atoms with Crippen LogP contribution in [-0.2, 0) is 11.2 Å². The van der Waals surface area contributed by atoms with E-state index in [2.05, 4.69) is 20.0 Å². The smallest absolute Gasteiger partial charge is 0.303 e. The number of unbranched alkanes of at least 4 members (excludes halogenated alkanes) is 2. The first-order valence-electron chi connectivity index (χ1n) is 5.47. The Morgan fingerprint density at radius 3 is 2.94 bits per heavy atom. The molecule has 0 saturated carbocycles. The van der Waals surface area contributed by atoms with Crippen molar-refractivity contribution < 1.29 is 14.4 Å². The molecule has 1 aromatic rings. The third-order valence-corrected chi connectivity index (χ3v) is 2.18. The first kappa shape index (κ1) is 12.6. The lowest BCUT2D eigenvalue weighted by Crippen LogP contribution is -2.18. The minimum atomic E-state index is -0.718. The fourth-order valence-electron chi connectivity index (χ4n) is 1.33. The van der Waals surface area contributed by atoms with Crippen LogP contribution in [0.25, 0.3) is 0 Å². The van der Waals surface area contributed by atoms with Gasteiger partial charge in [0.2, 0.25) is 6.39 Å². The highest BCUT2D eigenvalue weighted by atomic mass is 16.5. The molecule has 0 radical (unpaired) electrons. The summed E-state index contributed by atoms with van der Waals surface area (Å²) in [5.74, 6) is -0.0107. The van der Waals surface area contributed by atoms with Gasteiger partial charge in [-0.15, -0.1) is 0 Å². The second kappa shape index (κ2) is 7.81. The standard InChI is InChI=1S/C10H17N3O3/c14-10(15)4-2-1-3-6-11-7-5-9-12-8-16-13-9/h8,11H,1-7H2,(H,14,15). The van der Waals surface area contributed by atoms with E-state index in [1.54, 1.807) is 0 Å². The number of aromatic nitrogens is 2. The molecule has 0 aliphatic rings. The number of nitrogens with one attached hydrogen (secondary N) is 1. The maximum atomic E-state index is 10.2. The Balaban J connectivity index is 1.83. The van der Waals surface area contributed by atoms with Gasteiger partial charge >= 0.3 is 5.97 Å². The Morgan fingerprint density at radius 1 is 1.38 bits per heavy atom. The third kappa shape index (κ3) is 6.13. The molecule has 0 fully saturated rings. The number of carboxylic acids is 1. The maximum Gasteiger partial charge on any atom is 0.303 e. The summed E-state index contributed by atoms with van der Waals surface area (Å²) in [6.45, 7) is 1.72. The van der Waals surface area contributed by atoms with E-state index in [0.29, 0.717) is 5.82 Å². The predicted molar refractivity (Wildman–Crippen MR) is 57.0 cm³/mol. The normalized spacial score (nSPS) is 10.5. The molecular weight excluding hydrogens is 210 g/mol. The SMILES string of the molecule is O=C(O)CCCCCNCCc1ncon1. The van der Waals surface area contributed by atoms with Crippen molar-refractivity contribution in [3.63, 3.8) is 0 Å². The van der Waals surface area contributed by atoms with E-state index in [1.807, 2.05) is 0 Å². The van der Waals surface area contributed by atoms with Crippen LogP contribution in [0, 0.1) is 0 Å². The monoisotopic (exact) mass is 227 g/mol. The first-order chi connectivity index (χ1) is 7.79. The van der Waals surface area contributed by atoms with Crippen LogP contribution in [0.5, 0.6) is 0 Å². The van der Waals surface area contributed by atoms with Gasteiger partial charge in [0.05, 0.1) is 0 Å². The van der Waals surface area contributed by atoms with Crippen molar-refractivity contribution in [3.8, 4) is 0 Å². The highest BCUT2D eigenvalue weighted by Crippen LogP contribution is 1.98. The molecule has 0 aliphatic heterocycles. The fraction of sp³-hybridized carbons (Fsp3) is 0.700. The van der Waals surface area contributed by atoms with Crippen molar-refractivity contribution in [1.82, 2.24) is 15.5 Å². The van der Waals surface area contributed by atoms with E-state index in [4.69, 9.17) is 5.11 Å². The molecule has 1 rings (SSSR count). The van der Waals surface area contributed by atoms with Gasteiger partial charge in [-0.25, -0.2) is 0 Å². The molecule has 0 saturated heterocycles. The largest absolute Gasteiger partial charge is 0.481 e. The second-order valence-electron chi connectivity index (χ2n) is 3.55. The summed E-state index contributed by atoms with van der Waals surface area (Å²) in [6.07, 6.45) is 5.04. The van der Waals surface area contributed by atoms with E-state index < -0.39 is 5.97 Å². The Kier molecular flexibility index (Phi) is 6.17. The van der Waals surface area contributed by atoms with Crippen molar-refractivity contribution in [1.29, 1.82) is 0 Å². The first-order valence-corrected chi connectivity index (χ1v) is 5.47. The summed E-state index contributed by atoms with van der Waals surface area (Å²) >= 11 is 0. The summed E-state index contributed by atoms with van der Waals surface area (Å²) in [5, 5.41) is 15.4. The summed E-state index contributed by atoms with van der Waals surface area (Å²) in [7, 11) is 0. The molecule has 1 aromatic heterocycles. The molecule has 6 nitrogen and oxygen atoms in total. The van der Waals surface area contributed by atoms with Crippen molar-refractivity contribution >= 4 is 5.97 Å². The molecule has 1 heterocycles. The molecule has 0 bridgehead atoms. The molecule has 2 N–H and O–H groups in total. The van der Waals surface area contributed by atoms with Gasteiger partial charge in [-0.3, -0.25) is 4.79 Å². The van der Waals surface area contributed by atoms with Crippen LogP contribution in [-0.4, -0.2) is 34.3 Å². The number of carbonyl (C=O) groups is 1. The quantitative estimate of drug-likeness (QED) is 0.608. The molecule has 0 atom stereocenters. The van der Waals surface area contributed by atoms with Gasteiger partial charge < -0.3 is 14.9 Å². The lowest BCUT2D eigenvalue weighted by Gasteiger charge is -2.02. The average molecular weight is 227 g/mol. The van der Waals surface area contributed by atoms with Crippen LogP contribution in [0.2, 0.25) is 0 Å². The van der Waals surface area contributed by atoms with E-state index in [1.165, 1.54) is 6.39 Å². The molecule has 16 heavy (non-hydrogen) atoms. The van der Waals surface area contributed by atoms with Crippen LogP contribution in [0.15, 0.2) is 10.9 Å². The number of aliphatic carboxylic acids is 1. The van der Waals surface area contributed by atoms with Gasteiger partial charge in [-0.2, -0.15) is 4.98 Å². The van der Waals surface area contributed by atoms with Gasteiger partial charge in [0, 0.05) is 19.4 Å². The van der Waals surface area contributed by atoms with Crippen LogP contribution >= 0.6 is 0 Å². The summed E-state index contributed by atoms with van der Waals surface area (Å²) in [6, 6.07) is 0. The van der Waals surface area contributed by atoms with E-state index in [9.17, 15) is 4.79 Å². The van der Waals surface area contributed by atoms with Gasteiger partial charge in [0.1, 0.15) is 0 Å². The molecular formula is C10H17N3O3. The minimum absolute atomic E-state index is 0.267. The third-order valence-electron chi connectivity index (χ3n) is 2.18. The Morgan fingerprint density at radius 2 is 2.25 bits per heavy atom. The van der Waals surface area contributed by atoms with Gasteiger partial charge in [0.25, 0.3) is 0 Å². The molecule has 0 unspecified atom stereocenters. The zero-order chi connectivity index (χ0) is 11.6. The summed E-state index contributed by atoms with van der Waals surface area (Å²) < 4.78 is 4.60. The van der Waals surface area contributed by atoms with Crippen LogP contribution in [0.1, 0.15) is 31.5 Å². The number of hydrogen-bond donors (Lipinski definition) is 2. The number of hydrogen-bond acceptors (Lipinski definition) is 5. The van der Waals surface area contributed by atoms with Gasteiger partial charge in [-0.1, -0.05) is 11.6 Å². The lowest BCUT2D eigenvalue weighted by atomic mass is 10.2. The zero-order valence-corrected chi connectivity index (χ0v) is 9.19. The second-order valence-corrected chi connectivity index (χ2v) is 3.55. The van der Waals surface area contributed by atoms with E-state index >= 15 is 0 Å². The van der Waals surface area contributed by atoms with Crippen molar-refractivity contribution in [2.24, 2.45) is 0 Å². The van der Waals surface area contributed by atoms with Crippen LogP contribution in [0.3, 0.4) is 0 Å². The lowest BCUT2D eigenvalue weighted by molar-refractivity contribution is -0.137. The highest BCUT2D eigenvalue weighted by Gasteiger charge is 1.98. The molecule has 6 heteroatoms. The van der Waals surface area contributed by atoms with Crippen LogP contribution in [0.4, 0.5) is 0 Å². The number of carboxylic acid groups (broad SMARTS) is 1. The highest BCUT2D eigenvalue weighted by molar-refractivity contribution is 5.66. The maximum absolute atomic E-state index is 10.2. The zero-order valence-electron chi connectivity index (χ0n) is 9.19. The molecule has 0 aromatic carbocycles. The molecule has 0 amide bonds. The predicted octanol–water partition coefficient (Wildman–Crippen LogP) is 0.847. The Hall–Kier alpha value is -1.43. The molecule has 0 aliphatic carbocycles.